The van der Waals surface area contributed by atoms with Crippen LogP contribution in [0, 0.1) is 5.92 Å². The monoisotopic (exact) mass is 441 g/mol. The number of hydrogen-bond acceptors (Lipinski definition) is 5. The maximum Gasteiger partial charge on any atom is 0.297 e. The largest absolute Gasteiger partial charge is 0.297 e. The molecule has 170 valence electrons. The van der Waals surface area contributed by atoms with E-state index in [-0.39, 0.29) is 5.75 Å². The number of allylic oxidation sites excluding steroid dienone is 2. The fourth-order valence-electron chi connectivity index (χ4n) is 2.87. The van der Waals surface area contributed by atoms with Gasteiger partial charge in [0, 0.05) is 6.20 Å². The molecule has 0 fully saturated rings. The highest BCUT2D eigenvalue weighted by Crippen LogP contribution is 2.20. The van der Waals surface area contributed by atoms with E-state index in [2.05, 4.69) is 60.9 Å². The second-order valence-electron chi connectivity index (χ2n) is 7.33. The SMILES string of the molecule is CCCCC(CC)CON1C=CC(c2ccccc2)=CC1.CCCCS(=O)(=O)OF. The Kier molecular flexibility index (Phi) is 13.3. The van der Waals surface area contributed by atoms with Gasteiger partial charge >= 0.3 is 0 Å². The summed E-state index contributed by atoms with van der Waals surface area (Å²) >= 11 is 0. The third-order valence-corrected chi connectivity index (χ3v) is 5.86. The lowest BCUT2D eigenvalue weighted by Crippen LogP contribution is -2.23. The zero-order chi connectivity index (χ0) is 22.2. The van der Waals surface area contributed by atoms with E-state index in [4.69, 9.17) is 4.84 Å². The molecule has 0 radical (unpaired) electrons. The molecule has 7 heteroatoms. The highest BCUT2D eigenvalue weighted by Gasteiger charge is 2.11. The Morgan fingerprint density at radius 2 is 1.80 bits per heavy atom. The molecule has 1 aliphatic heterocycles. The van der Waals surface area contributed by atoms with Gasteiger partial charge in [-0.1, -0.05) is 87.3 Å². The Morgan fingerprint density at radius 3 is 2.33 bits per heavy atom. The lowest BCUT2D eigenvalue weighted by molar-refractivity contribution is -0.127. The zero-order valence-corrected chi connectivity index (χ0v) is 19.2. The van der Waals surface area contributed by atoms with Crippen LogP contribution in [0.3, 0.4) is 0 Å². The van der Waals surface area contributed by atoms with E-state index in [0.29, 0.717) is 18.8 Å². The average Bonchev–Trinajstić information content (AvgIpc) is 2.79. The summed E-state index contributed by atoms with van der Waals surface area (Å²) in [5.41, 5.74) is 2.54. The quantitative estimate of drug-likeness (QED) is 0.394. The summed E-state index contributed by atoms with van der Waals surface area (Å²) in [4.78, 5) is 5.92. The minimum atomic E-state index is -3.85. The van der Waals surface area contributed by atoms with Crippen molar-refractivity contribution in [3.8, 4) is 0 Å². The van der Waals surface area contributed by atoms with Crippen LogP contribution in [-0.4, -0.2) is 32.4 Å². The van der Waals surface area contributed by atoms with Crippen molar-refractivity contribution in [3.63, 3.8) is 0 Å². The van der Waals surface area contributed by atoms with Crippen LogP contribution in [0.25, 0.3) is 5.57 Å². The fraction of sp³-hybridized carbons (Fsp3) is 0.565. The molecule has 0 bridgehead atoms. The maximum absolute atomic E-state index is 11.0. The van der Waals surface area contributed by atoms with Crippen LogP contribution in [-0.2, 0) is 19.3 Å². The van der Waals surface area contributed by atoms with Crippen LogP contribution in [0.5, 0.6) is 0 Å². The summed E-state index contributed by atoms with van der Waals surface area (Å²) in [6.07, 6.45) is 12.6. The third-order valence-electron chi connectivity index (χ3n) is 4.88. The lowest BCUT2D eigenvalue weighted by Gasteiger charge is -2.24. The molecular formula is C23H36FNO4S. The van der Waals surface area contributed by atoms with Crippen molar-refractivity contribution in [2.45, 2.75) is 59.3 Å². The van der Waals surface area contributed by atoms with Crippen molar-refractivity contribution in [3.05, 3.63) is 54.2 Å². The first kappa shape index (κ1) is 26.3. The van der Waals surface area contributed by atoms with Crippen molar-refractivity contribution < 1.29 is 22.2 Å². The molecule has 1 heterocycles. The van der Waals surface area contributed by atoms with Crippen LogP contribution in [0.1, 0.15) is 64.9 Å². The molecule has 1 unspecified atom stereocenters. The Morgan fingerprint density at radius 1 is 1.10 bits per heavy atom. The predicted molar refractivity (Wildman–Crippen MR) is 120 cm³/mol. The van der Waals surface area contributed by atoms with Gasteiger partial charge in [-0.25, -0.2) is 0 Å². The molecule has 0 aliphatic carbocycles. The molecular weight excluding hydrogens is 405 g/mol. The summed E-state index contributed by atoms with van der Waals surface area (Å²) in [6.45, 7) is 7.97. The number of hydrogen-bond donors (Lipinski definition) is 0. The Balaban J connectivity index is 0.000000424. The van der Waals surface area contributed by atoms with Crippen molar-refractivity contribution in [2.75, 3.05) is 18.9 Å². The van der Waals surface area contributed by atoms with Gasteiger partial charge in [-0.05, 0) is 40.5 Å². The van der Waals surface area contributed by atoms with Gasteiger partial charge in [-0.3, -0.25) is 9.90 Å². The molecule has 0 aromatic heterocycles. The summed E-state index contributed by atoms with van der Waals surface area (Å²) in [5, 5.41) is 1.95. The van der Waals surface area contributed by atoms with Gasteiger partial charge in [0.1, 0.15) is 0 Å². The van der Waals surface area contributed by atoms with Gasteiger partial charge < -0.3 is 0 Å². The number of hydroxylamine groups is 2. The van der Waals surface area contributed by atoms with Crippen LogP contribution in [0.15, 0.2) is 48.7 Å². The van der Waals surface area contributed by atoms with Gasteiger partial charge in [0.2, 0.25) is 0 Å². The minimum Gasteiger partial charge on any atom is -0.273 e. The van der Waals surface area contributed by atoms with E-state index in [0.717, 1.165) is 13.2 Å². The number of unbranched alkanes of at least 4 members (excludes halogenated alkanes) is 2. The number of benzene rings is 1. The van der Waals surface area contributed by atoms with Gasteiger partial charge in [-0.15, -0.1) is 0 Å². The van der Waals surface area contributed by atoms with Gasteiger partial charge in [0.05, 0.1) is 18.9 Å². The normalized spacial score (nSPS) is 14.7. The molecule has 0 N–H and O–H groups in total. The van der Waals surface area contributed by atoms with E-state index in [1.165, 1.54) is 36.8 Å². The van der Waals surface area contributed by atoms with Crippen molar-refractivity contribution >= 4 is 15.7 Å². The molecule has 2 rings (SSSR count). The van der Waals surface area contributed by atoms with Gasteiger partial charge in [0.25, 0.3) is 10.1 Å². The van der Waals surface area contributed by atoms with Crippen molar-refractivity contribution in [2.24, 2.45) is 5.92 Å². The molecule has 0 saturated carbocycles. The van der Waals surface area contributed by atoms with E-state index in [1.807, 2.05) is 18.1 Å². The topological polar surface area (TPSA) is 55.8 Å². The molecule has 5 nitrogen and oxygen atoms in total. The predicted octanol–water partition coefficient (Wildman–Crippen LogP) is 6.06. The first-order valence-electron chi connectivity index (χ1n) is 10.8. The van der Waals surface area contributed by atoms with Crippen LogP contribution < -0.4 is 0 Å². The van der Waals surface area contributed by atoms with Crippen LogP contribution in [0.4, 0.5) is 4.53 Å². The van der Waals surface area contributed by atoms with Crippen molar-refractivity contribution in [1.29, 1.82) is 0 Å². The third kappa shape index (κ3) is 10.9. The highest BCUT2D eigenvalue weighted by atomic mass is 32.2. The molecule has 30 heavy (non-hydrogen) atoms. The molecule has 1 atom stereocenters. The van der Waals surface area contributed by atoms with Crippen LogP contribution >= 0.6 is 0 Å². The van der Waals surface area contributed by atoms with Crippen LogP contribution in [0.2, 0.25) is 0 Å². The molecule has 0 amide bonds. The fourth-order valence-corrected chi connectivity index (χ4v) is 3.58. The first-order chi connectivity index (χ1) is 14.5. The Labute approximate surface area is 181 Å². The lowest BCUT2D eigenvalue weighted by atomic mass is 10.0. The Hall–Kier alpha value is -1.70. The van der Waals surface area contributed by atoms with E-state index >= 15 is 0 Å². The minimum absolute atomic E-state index is 0.236. The Bertz CT molecular complexity index is 735. The number of nitrogens with zero attached hydrogens (tertiary/aromatic N) is 1. The summed E-state index contributed by atoms with van der Waals surface area (Å²) in [6, 6.07) is 10.5. The molecule has 1 aliphatic rings. The van der Waals surface area contributed by atoms with Gasteiger partial charge in [0.15, 0.2) is 0 Å². The van der Waals surface area contributed by atoms with E-state index < -0.39 is 10.1 Å². The van der Waals surface area contributed by atoms with E-state index in [9.17, 15) is 12.9 Å². The highest BCUT2D eigenvalue weighted by molar-refractivity contribution is 7.86. The number of halogens is 1. The molecule has 0 spiro atoms. The number of rotatable bonds is 12. The van der Waals surface area contributed by atoms with Crippen molar-refractivity contribution in [1.82, 2.24) is 5.06 Å². The molecule has 1 aromatic rings. The smallest absolute Gasteiger partial charge is 0.273 e. The zero-order valence-electron chi connectivity index (χ0n) is 18.4. The molecule has 0 saturated heterocycles. The second kappa shape index (κ2) is 15.2. The summed E-state index contributed by atoms with van der Waals surface area (Å²) in [5.74, 6) is 0.442. The van der Waals surface area contributed by atoms with E-state index in [1.54, 1.807) is 0 Å². The summed E-state index contributed by atoms with van der Waals surface area (Å²) in [7, 11) is -3.85. The van der Waals surface area contributed by atoms with Gasteiger partial charge in [-0.2, -0.15) is 8.42 Å². The molecule has 1 aromatic carbocycles. The maximum atomic E-state index is 11.0. The first-order valence-corrected chi connectivity index (χ1v) is 12.4. The average molecular weight is 442 g/mol. The summed E-state index contributed by atoms with van der Waals surface area (Å²) < 4.78 is 34.0. The standard InChI is InChI=1S/C19H27NO.C4H9FO3S/c1-3-5-9-17(4-2)16-21-20-14-12-19(13-15-20)18-10-7-6-8-11-18;1-2-3-4-9(6,7)8-5/h6-8,10-14,17H,3-5,9,15-16H2,1-2H3;2-4H2,1H3. The second-order valence-corrected chi connectivity index (χ2v) is 8.98.